The summed E-state index contributed by atoms with van der Waals surface area (Å²) in [5, 5.41) is 18.9. The van der Waals surface area contributed by atoms with Crippen LogP contribution in [0.4, 0.5) is 5.69 Å². The molecule has 0 aliphatic heterocycles. The molecule has 0 bridgehead atoms. The summed E-state index contributed by atoms with van der Waals surface area (Å²) in [7, 11) is 0. The van der Waals surface area contributed by atoms with Gasteiger partial charge in [0.05, 0.1) is 4.92 Å². The van der Waals surface area contributed by atoms with Crippen molar-refractivity contribution in [2.24, 2.45) is 0 Å². The average molecular weight is 246 g/mol. The van der Waals surface area contributed by atoms with Crippen LogP contribution in [0, 0.1) is 21.4 Å². The maximum Gasteiger partial charge on any atom is 0.332 e. The van der Waals surface area contributed by atoms with Crippen LogP contribution in [0.3, 0.4) is 0 Å². The van der Waals surface area contributed by atoms with Crippen molar-refractivity contribution in [3.8, 4) is 6.07 Å². The van der Waals surface area contributed by atoms with Gasteiger partial charge < -0.3 is 4.74 Å². The van der Waals surface area contributed by atoms with Gasteiger partial charge in [-0.25, -0.2) is 4.79 Å². The molecule has 0 amide bonds. The molecule has 0 aliphatic carbocycles. The summed E-state index contributed by atoms with van der Waals surface area (Å²) >= 11 is 0. The van der Waals surface area contributed by atoms with E-state index in [1.807, 2.05) is 0 Å². The van der Waals surface area contributed by atoms with Gasteiger partial charge in [0, 0.05) is 18.2 Å². The van der Waals surface area contributed by atoms with E-state index in [9.17, 15) is 14.9 Å². The van der Waals surface area contributed by atoms with Crippen LogP contribution in [-0.4, -0.2) is 17.0 Å². The second kappa shape index (κ2) is 6.15. The summed E-state index contributed by atoms with van der Waals surface area (Å²) in [5.41, 5.74) is 0.606. The highest BCUT2D eigenvalue weighted by Gasteiger charge is 2.05. The third-order valence-electron chi connectivity index (χ3n) is 1.99. The van der Waals surface area contributed by atoms with E-state index in [4.69, 9.17) is 5.26 Å². The Balaban J connectivity index is 2.65. The van der Waals surface area contributed by atoms with E-state index in [2.05, 4.69) is 4.74 Å². The lowest BCUT2D eigenvalue weighted by molar-refractivity contribution is -0.384. The van der Waals surface area contributed by atoms with E-state index >= 15 is 0 Å². The Morgan fingerprint density at radius 1 is 1.50 bits per heavy atom. The zero-order valence-electron chi connectivity index (χ0n) is 9.57. The second-order valence-electron chi connectivity index (χ2n) is 3.39. The number of nitriles is 1. The number of nitrogens with zero attached hydrogens (tertiary/aromatic N) is 2. The molecule has 0 aromatic heterocycles. The third-order valence-corrected chi connectivity index (χ3v) is 1.99. The molecule has 6 nitrogen and oxygen atoms in total. The SMILES string of the molecule is C[C@@H](C#N)OC(=O)/C=C/c1ccc([N+](=O)[O-])cc1. The van der Waals surface area contributed by atoms with Crippen molar-refractivity contribution < 1.29 is 14.5 Å². The number of non-ortho nitro benzene ring substituents is 1. The van der Waals surface area contributed by atoms with Crippen LogP contribution < -0.4 is 0 Å². The Kier molecular flexibility index (Phi) is 4.58. The Morgan fingerprint density at radius 2 is 2.11 bits per heavy atom. The van der Waals surface area contributed by atoms with Crippen LogP contribution in [0.25, 0.3) is 6.08 Å². The molecule has 0 unspecified atom stereocenters. The minimum atomic E-state index is -0.806. The number of nitro benzene ring substituents is 1. The van der Waals surface area contributed by atoms with E-state index < -0.39 is 17.0 Å². The number of hydrogen-bond acceptors (Lipinski definition) is 5. The van der Waals surface area contributed by atoms with Crippen molar-refractivity contribution in [3.05, 3.63) is 46.0 Å². The van der Waals surface area contributed by atoms with Gasteiger partial charge in [-0.05, 0) is 30.7 Å². The Labute approximate surface area is 103 Å². The summed E-state index contributed by atoms with van der Waals surface area (Å²) in [5.74, 6) is -0.637. The molecule has 0 N–H and O–H groups in total. The number of hydrogen-bond donors (Lipinski definition) is 0. The van der Waals surface area contributed by atoms with Gasteiger partial charge in [0.1, 0.15) is 6.07 Å². The molecule has 0 spiro atoms. The average Bonchev–Trinajstić information content (AvgIpc) is 2.36. The molecule has 0 fully saturated rings. The van der Waals surface area contributed by atoms with Gasteiger partial charge in [0.15, 0.2) is 6.10 Å². The smallest absolute Gasteiger partial charge is 0.332 e. The molecule has 1 atom stereocenters. The number of ether oxygens (including phenoxy) is 1. The van der Waals surface area contributed by atoms with Crippen molar-refractivity contribution in [1.82, 2.24) is 0 Å². The fourth-order valence-corrected chi connectivity index (χ4v) is 1.11. The van der Waals surface area contributed by atoms with E-state index in [1.54, 1.807) is 6.07 Å². The number of benzene rings is 1. The number of carbonyl (C=O) groups excluding carboxylic acids is 1. The van der Waals surface area contributed by atoms with Crippen LogP contribution in [-0.2, 0) is 9.53 Å². The lowest BCUT2D eigenvalue weighted by Gasteiger charge is -2.01. The maximum atomic E-state index is 11.2. The number of nitro groups is 1. The first-order chi connectivity index (χ1) is 8.52. The van der Waals surface area contributed by atoms with Crippen LogP contribution in [0.1, 0.15) is 12.5 Å². The first-order valence-corrected chi connectivity index (χ1v) is 5.05. The highest BCUT2D eigenvalue weighted by atomic mass is 16.6. The second-order valence-corrected chi connectivity index (χ2v) is 3.39. The summed E-state index contributed by atoms with van der Waals surface area (Å²) in [6.45, 7) is 1.46. The van der Waals surface area contributed by atoms with Gasteiger partial charge in [-0.2, -0.15) is 5.26 Å². The molecule has 0 saturated carbocycles. The summed E-state index contributed by atoms with van der Waals surface area (Å²) in [6, 6.07) is 7.45. The zero-order chi connectivity index (χ0) is 13.5. The van der Waals surface area contributed by atoms with Crippen LogP contribution in [0.15, 0.2) is 30.3 Å². The molecule has 1 rings (SSSR count). The van der Waals surface area contributed by atoms with Gasteiger partial charge in [0.25, 0.3) is 5.69 Å². The third kappa shape index (κ3) is 4.06. The minimum Gasteiger partial charge on any atom is -0.444 e. The van der Waals surface area contributed by atoms with Crippen molar-refractivity contribution in [1.29, 1.82) is 5.26 Å². The van der Waals surface area contributed by atoms with Gasteiger partial charge in [-0.3, -0.25) is 10.1 Å². The summed E-state index contributed by atoms with van der Waals surface area (Å²) < 4.78 is 4.69. The molecule has 6 heteroatoms. The largest absolute Gasteiger partial charge is 0.444 e. The highest BCUT2D eigenvalue weighted by molar-refractivity contribution is 5.87. The van der Waals surface area contributed by atoms with E-state index in [0.717, 1.165) is 6.08 Å². The number of rotatable bonds is 4. The Morgan fingerprint density at radius 3 is 2.61 bits per heavy atom. The molecular weight excluding hydrogens is 236 g/mol. The summed E-state index contributed by atoms with van der Waals surface area (Å²) in [6.07, 6.45) is 1.81. The van der Waals surface area contributed by atoms with Gasteiger partial charge in [0.2, 0.25) is 0 Å². The van der Waals surface area contributed by atoms with Gasteiger partial charge in [-0.1, -0.05) is 0 Å². The lowest BCUT2D eigenvalue weighted by atomic mass is 10.2. The fraction of sp³-hybridized carbons (Fsp3) is 0.167. The lowest BCUT2D eigenvalue weighted by Crippen LogP contribution is -2.10. The fourth-order valence-electron chi connectivity index (χ4n) is 1.11. The van der Waals surface area contributed by atoms with Gasteiger partial charge >= 0.3 is 5.97 Å². The monoisotopic (exact) mass is 246 g/mol. The standard InChI is InChI=1S/C12H10N2O4/c1-9(8-13)18-12(15)7-4-10-2-5-11(6-3-10)14(16)17/h2-7,9H,1H3/b7-4+/t9-/m0/s1. The molecule has 92 valence electrons. The topological polar surface area (TPSA) is 93.2 Å². The normalized spacial score (nSPS) is 11.8. The van der Waals surface area contributed by atoms with Crippen molar-refractivity contribution in [3.63, 3.8) is 0 Å². The zero-order valence-corrected chi connectivity index (χ0v) is 9.57. The van der Waals surface area contributed by atoms with Gasteiger partial charge in [-0.15, -0.1) is 0 Å². The predicted octanol–water partition coefficient (Wildman–Crippen LogP) is 2.06. The minimum absolute atomic E-state index is 0.0205. The van der Waals surface area contributed by atoms with Crippen molar-refractivity contribution in [2.75, 3.05) is 0 Å². The molecule has 18 heavy (non-hydrogen) atoms. The molecule has 0 saturated heterocycles. The number of esters is 1. The first kappa shape index (κ1) is 13.4. The Hall–Kier alpha value is -2.68. The highest BCUT2D eigenvalue weighted by Crippen LogP contribution is 2.12. The van der Waals surface area contributed by atoms with Crippen LogP contribution in [0.5, 0.6) is 0 Å². The molecular formula is C12H10N2O4. The Bertz CT molecular complexity index is 514. The molecule has 1 aromatic carbocycles. The van der Waals surface area contributed by atoms with E-state index in [-0.39, 0.29) is 5.69 Å². The first-order valence-electron chi connectivity index (χ1n) is 5.05. The van der Waals surface area contributed by atoms with Crippen molar-refractivity contribution >= 4 is 17.7 Å². The molecule has 1 aromatic rings. The quantitative estimate of drug-likeness (QED) is 0.351. The summed E-state index contributed by atoms with van der Waals surface area (Å²) in [4.78, 5) is 21.1. The predicted molar refractivity (Wildman–Crippen MR) is 63.3 cm³/mol. The molecule has 0 radical (unpaired) electrons. The maximum absolute atomic E-state index is 11.2. The van der Waals surface area contributed by atoms with Crippen molar-refractivity contribution in [2.45, 2.75) is 13.0 Å². The van der Waals surface area contributed by atoms with E-state index in [1.165, 1.54) is 37.3 Å². The van der Waals surface area contributed by atoms with Crippen LogP contribution in [0.2, 0.25) is 0 Å². The molecule has 0 aliphatic rings. The van der Waals surface area contributed by atoms with E-state index in [0.29, 0.717) is 5.56 Å². The molecule has 0 heterocycles. The number of carbonyl (C=O) groups is 1. The van der Waals surface area contributed by atoms with Crippen LogP contribution >= 0.6 is 0 Å².